The molecule has 2 aliphatic rings. The van der Waals surface area contributed by atoms with E-state index in [1.165, 1.54) is 6.08 Å². The van der Waals surface area contributed by atoms with Crippen molar-refractivity contribution in [2.75, 3.05) is 69.2 Å². The second kappa shape index (κ2) is 11.6. The van der Waals surface area contributed by atoms with Gasteiger partial charge in [0.15, 0.2) is 0 Å². The fourth-order valence-corrected chi connectivity index (χ4v) is 6.10. The number of hydrogen-bond acceptors (Lipinski definition) is 9. The summed E-state index contributed by atoms with van der Waals surface area (Å²) in [5.41, 5.74) is 2.68. The summed E-state index contributed by atoms with van der Waals surface area (Å²) in [5, 5.41) is 6.95. The molecule has 0 aliphatic carbocycles. The third kappa shape index (κ3) is 6.26. The Kier molecular flexibility index (Phi) is 8.11. The van der Waals surface area contributed by atoms with Crippen molar-refractivity contribution in [3.63, 3.8) is 0 Å². The number of benzene rings is 1. The Morgan fingerprint density at radius 1 is 1.22 bits per heavy atom. The number of hydrogen-bond donors (Lipinski definition) is 3. The molecule has 3 N–H and O–H groups in total. The van der Waals surface area contributed by atoms with Crippen LogP contribution in [-0.2, 0) is 14.5 Å². The number of anilines is 4. The number of nitrogens with one attached hydrogen (secondary N) is 3. The highest BCUT2D eigenvalue weighted by atomic mass is 32.2. The van der Waals surface area contributed by atoms with Crippen LogP contribution in [0.2, 0.25) is 0 Å². The Hall–Kier alpha value is -3.81. The second-order valence-electron chi connectivity index (χ2n) is 10.7. The minimum atomic E-state index is -2.27. The summed E-state index contributed by atoms with van der Waals surface area (Å²) >= 11 is 0. The summed E-state index contributed by atoms with van der Waals surface area (Å²) in [6, 6.07) is 6.12. The molecule has 1 aromatic carbocycles. The van der Waals surface area contributed by atoms with Crippen LogP contribution >= 0.6 is 0 Å². The molecule has 1 amide bonds. The van der Waals surface area contributed by atoms with Crippen LogP contribution in [0.3, 0.4) is 0 Å². The molecule has 5 rings (SSSR count). The average Bonchev–Trinajstić information content (AvgIpc) is 3.39. The Morgan fingerprint density at radius 3 is 2.59 bits per heavy atom. The molecule has 220 valence electrons. The SMILES string of the molecule is C=CC(=O)Nc1cc(Nc2nc(OC3CN(S(=C)(C)=O)C3)c3cc[nH]c3n2)c(OC)cc1N1CCC(N(C)C)CC1. The summed E-state index contributed by atoms with van der Waals surface area (Å²) < 4.78 is 25.9. The fourth-order valence-electron chi connectivity index (χ4n) is 5.13. The molecule has 1 atom stereocenters. The zero-order valence-corrected chi connectivity index (χ0v) is 24.8. The van der Waals surface area contributed by atoms with Gasteiger partial charge in [-0.1, -0.05) is 6.58 Å². The van der Waals surface area contributed by atoms with E-state index in [2.05, 4.69) is 61.9 Å². The van der Waals surface area contributed by atoms with E-state index in [9.17, 15) is 9.00 Å². The average molecular weight is 583 g/mol. The number of H-pyrrole nitrogens is 1. The Bertz CT molecular complexity index is 1540. The molecule has 41 heavy (non-hydrogen) atoms. The first-order valence-electron chi connectivity index (χ1n) is 13.5. The van der Waals surface area contributed by atoms with E-state index >= 15 is 0 Å². The van der Waals surface area contributed by atoms with Crippen molar-refractivity contribution in [3.8, 4) is 11.6 Å². The summed E-state index contributed by atoms with van der Waals surface area (Å²) in [5.74, 6) is 4.71. The van der Waals surface area contributed by atoms with Crippen LogP contribution in [0.1, 0.15) is 12.8 Å². The lowest BCUT2D eigenvalue weighted by Crippen LogP contribution is -2.55. The van der Waals surface area contributed by atoms with Gasteiger partial charge in [-0.2, -0.15) is 9.97 Å². The smallest absolute Gasteiger partial charge is 0.247 e. The van der Waals surface area contributed by atoms with Gasteiger partial charge >= 0.3 is 0 Å². The van der Waals surface area contributed by atoms with E-state index in [1.807, 2.05) is 18.2 Å². The molecule has 2 saturated heterocycles. The van der Waals surface area contributed by atoms with E-state index in [1.54, 1.807) is 23.9 Å². The Morgan fingerprint density at radius 2 is 1.95 bits per heavy atom. The van der Waals surface area contributed by atoms with Gasteiger partial charge < -0.3 is 34.9 Å². The van der Waals surface area contributed by atoms with E-state index in [0.29, 0.717) is 53.7 Å². The number of carbonyl (C=O) groups is 1. The predicted molar refractivity (Wildman–Crippen MR) is 165 cm³/mol. The third-order valence-electron chi connectivity index (χ3n) is 7.56. The molecule has 2 aromatic heterocycles. The minimum absolute atomic E-state index is 0.162. The molecular weight excluding hydrogens is 544 g/mol. The zero-order chi connectivity index (χ0) is 29.3. The molecule has 0 spiro atoms. The van der Waals surface area contributed by atoms with Gasteiger partial charge in [0, 0.05) is 60.4 Å². The normalized spacial score (nSPS) is 18.1. The number of methoxy groups -OCH3 is 1. The maximum Gasteiger partial charge on any atom is 0.247 e. The lowest BCUT2D eigenvalue weighted by molar-refractivity contribution is -0.111. The number of amides is 1. The van der Waals surface area contributed by atoms with Crippen LogP contribution < -0.4 is 25.0 Å². The molecular formula is C28H38N8O4S. The zero-order valence-electron chi connectivity index (χ0n) is 24.0. The van der Waals surface area contributed by atoms with Crippen molar-refractivity contribution in [1.29, 1.82) is 0 Å². The summed E-state index contributed by atoms with van der Waals surface area (Å²) in [6.07, 6.45) is 6.51. The maximum absolute atomic E-state index is 12.4. The topological polar surface area (TPSA) is 128 Å². The van der Waals surface area contributed by atoms with Gasteiger partial charge in [0.2, 0.25) is 17.7 Å². The summed E-state index contributed by atoms with van der Waals surface area (Å²) in [6.45, 7) is 6.32. The first-order valence-corrected chi connectivity index (χ1v) is 15.6. The molecule has 4 heterocycles. The monoisotopic (exact) mass is 582 g/mol. The lowest BCUT2D eigenvalue weighted by atomic mass is 10.0. The Balaban J connectivity index is 1.44. The van der Waals surface area contributed by atoms with Crippen LogP contribution in [0.25, 0.3) is 11.0 Å². The number of piperidine rings is 1. The van der Waals surface area contributed by atoms with Crippen LogP contribution in [0.4, 0.5) is 23.0 Å². The van der Waals surface area contributed by atoms with Crippen molar-refractivity contribution in [2.45, 2.75) is 25.0 Å². The first-order chi connectivity index (χ1) is 19.5. The van der Waals surface area contributed by atoms with E-state index in [0.717, 1.165) is 37.0 Å². The fraction of sp³-hybridized carbons (Fsp3) is 0.429. The molecule has 2 aliphatic heterocycles. The molecule has 12 nitrogen and oxygen atoms in total. The lowest BCUT2D eigenvalue weighted by Gasteiger charge is -2.39. The van der Waals surface area contributed by atoms with Gasteiger partial charge in [0.25, 0.3) is 0 Å². The predicted octanol–water partition coefficient (Wildman–Crippen LogP) is 2.69. The number of ether oxygens (including phenoxy) is 2. The first kappa shape index (κ1) is 28.7. The molecule has 0 radical (unpaired) electrons. The highest BCUT2D eigenvalue weighted by Gasteiger charge is 2.33. The standard InChI is InChI=1S/C28H38N8O4S/c1-7-25(37)30-21-14-22(24(39-4)15-23(21)35-12-9-18(10-13-35)34(2)3)31-28-32-26-20(8-11-29-26)27(33-28)40-19-16-36(17-19)41(5,6)38/h7-8,11,14-15,18-19H,1,5,9-10,12-13,16-17H2,2-4,6H3,(H,30,37)(H2,29,31,32,33). The minimum Gasteiger partial charge on any atom is -0.494 e. The Labute approximate surface area is 240 Å². The van der Waals surface area contributed by atoms with Gasteiger partial charge in [0.05, 0.1) is 29.6 Å². The van der Waals surface area contributed by atoms with Crippen molar-refractivity contribution in [1.82, 2.24) is 24.2 Å². The van der Waals surface area contributed by atoms with Crippen molar-refractivity contribution in [3.05, 3.63) is 37.1 Å². The molecule has 0 saturated carbocycles. The number of carbonyl (C=O) groups excluding carboxylic acids is 1. The van der Waals surface area contributed by atoms with Gasteiger partial charge in [0.1, 0.15) is 17.5 Å². The summed E-state index contributed by atoms with van der Waals surface area (Å²) in [7, 11) is 3.55. The quantitative estimate of drug-likeness (QED) is 0.244. The molecule has 0 bridgehead atoms. The highest BCUT2D eigenvalue weighted by Crippen LogP contribution is 2.40. The van der Waals surface area contributed by atoms with Crippen LogP contribution in [-0.4, -0.2) is 106 Å². The number of rotatable bonds is 10. The summed E-state index contributed by atoms with van der Waals surface area (Å²) in [4.78, 5) is 29.3. The van der Waals surface area contributed by atoms with E-state index < -0.39 is 9.71 Å². The van der Waals surface area contributed by atoms with Crippen LogP contribution in [0, 0.1) is 0 Å². The number of nitrogens with zero attached hydrogens (tertiary/aromatic N) is 5. The largest absolute Gasteiger partial charge is 0.494 e. The van der Waals surface area contributed by atoms with Gasteiger partial charge in [-0.05, 0) is 51.0 Å². The van der Waals surface area contributed by atoms with Crippen molar-refractivity contribution in [2.24, 2.45) is 0 Å². The van der Waals surface area contributed by atoms with Gasteiger partial charge in [-0.25, -0.2) is 4.31 Å². The van der Waals surface area contributed by atoms with E-state index in [4.69, 9.17) is 9.47 Å². The molecule has 13 heteroatoms. The van der Waals surface area contributed by atoms with Crippen molar-refractivity contribution >= 4 is 55.5 Å². The molecule has 1 unspecified atom stereocenters. The number of aromatic amines is 1. The van der Waals surface area contributed by atoms with E-state index in [-0.39, 0.29) is 12.0 Å². The van der Waals surface area contributed by atoms with Crippen molar-refractivity contribution < 1.29 is 18.5 Å². The second-order valence-corrected chi connectivity index (χ2v) is 13.1. The van der Waals surface area contributed by atoms with Crippen LogP contribution in [0.5, 0.6) is 11.6 Å². The van der Waals surface area contributed by atoms with Gasteiger partial charge in [-0.15, -0.1) is 0 Å². The highest BCUT2D eigenvalue weighted by molar-refractivity contribution is 7.97. The molecule has 2 fully saturated rings. The third-order valence-corrected chi connectivity index (χ3v) is 8.95. The van der Waals surface area contributed by atoms with Gasteiger partial charge in [-0.3, -0.25) is 9.00 Å². The van der Waals surface area contributed by atoms with Crippen LogP contribution in [0.15, 0.2) is 37.1 Å². The number of aromatic nitrogens is 3. The number of fused-ring (bicyclic) bond motifs is 1. The maximum atomic E-state index is 12.4. The molecule has 3 aromatic rings.